The van der Waals surface area contributed by atoms with Crippen LogP contribution in [-0.4, -0.2) is 67.8 Å². The summed E-state index contributed by atoms with van der Waals surface area (Å²) in [6, 6.07) is 13.8. The summed E-state index contributed by atoms with van der Waals surface area (Å²) in [5.74, 6) is 0.829. The predicted molar refractivity (Wildman–Crippen MR) is 148 cm³/mol. The Morgan fingerprint density at radius 1 is 1.11 bits per heavy atom. The molecule has 0 atom stereocenters. The fourth-order valence-electron chi connectivity index (χ4n) is 4.74. The Kier molecular flexibility index (Phi) is 9.57. The first kappa shape index (κ1) is 26.7. The number of aromatic nitrogens is 1. The Bertz CT molecular complexity index is 1200. The topological polar surface area (TPSA) is 88.8 Å². The maximum absolute atomic E-state index is 12.2. The number of ether oxygens (including phenoxy) is 3. The molecule has 8 heteroatoms. The van der Waals surface area contributed by atoms with Crippen LogP contribution >= 0.6 is 0 Å². The summed E-state index contributed by atoms with van der Waals surface area (Å²) in [6.07, 6.45) is 3.73. The maximum atomic E-state index is 12.2. The smallest absolute Gasteiger partial charge is 0.411 e. The number of benzene rings is 2. The second kappa shape index (κ2) is 13.3. The van der Waals surface area contributed by atoms with Gasteiger partial charge in [-0.05, 0) is 44.0 Å². The number of carbonyl (C=O) groups is 1. The third-order valence-electron chi connectivity index (χ3n) is 6.64. The Morgan fingerprint density at radius 3 is 2.70 bits per heavy atom. The van der Waals surface area contributed by atoms with Crippen LogP contribution in [0.15, 0.2) is 42.5 Å². The third-order valence-corrected chi connectivity index (χ3v) is 6.64. The Balaban J connectivity index is 1.52. The number of rotatable bonds is 12. The highest BCUT2D eigenvalue weighted by molar-refractivity contribution is 6.06. The van der Waals surface area contributed by atoms with Crippen molar-refractivity contribution in [2.75, 3.05) is 51.4 Å². The Hall–Kier alpha value is -3.36. The number of morpholine rings is 1. The number of amides is 1. The quantitative estimate of drug-likeness (QED) is 0.240. The summed E-state index contributed by atoms with van der Waals surface area (Å²) in [5.41, 5.74) is 4.40. The number of fused-ring (bicyclic) bond motifs is 1. The number of unbranched alkanes of at least 4 members (excludes halogenated alkanes) is 1. The van der Waals surface area contributed by atoms with Crippen LogP contribution in [0.25, 0.3) is 22.2 Å². The summed E-state index contributed by atoms with van der Waals surface area (Å²) in [7, 11) is 0. The second-order valence-electron chi connectivity index (χ2n) is 9.18. The van der Waals surface area contributed by atoms with Gasteiger partial charge in [0.2, 0.25) is 0 Å². The number of carbonyl (C=O) groups excluding carboxylic acids is 1. The highest BCUT2D eigenvalue weighted by atomic mass is 16.5. The second-order valence-corrected chi connectivity index (χ2v) is 9.18. The van der Waals surface area contributed by atoms with Crippen molar-refractivity contribution in [2.24, 2.45) is 0 Å². The van der Waals surface area contributed by atoms with Crippen LogP contribution < -0.4 is 10.1 Å². The molecule has 1 aliphatic heterocycles. The number of anilines is 1. The molecule has 0 spiro atoms. The number of nitrogens with one attached hydrogen (secondary N) is 2. The van der Waals surface area contributed by atoms with Gasteiger partial charge in [-0.15, -0.1) is 0 Å². The summed E-state index contributed by atoms with van der Waals surface area (Å²) in [5, 5.41) is 12.0. The molecule has 0 radical (unpaired) electrons. The first-order chi connectivity index (χ1) is 18.1. The van der Waals surface area contributed by atoms with E-state index in [1.54, 1.807) is 0 Å². The molecule has 2 N–H and O–H groups in total. The van der Waals surface area contributed by atoms with Crippen molar-refractivity contribution < 1.29 is 19.0 Å². The van der Waals surface area contributed by atoms with Crippen LogP contribution in [0.2, 0.25) is 0 Å². The van der Waals surface area contributed by atoms with Crippen molar-refractivity contribution >= 4 is 28.9 Å². The summed E-state index contributed by atoms with van der Waals surface area (Å²) < 4.78 is 19.0. The van der Waals surface area contributed by atoms with E-state index in [1.807, 2.05) is 36.4 Å². The normalized spacial score (nSPS) is 14.0. The molecule has 2 heterocycles. The first-order valence-corrected chi connectivity index (χ1v) is 13.3. The summed E-state index contributed by atoms with van der Waals surface area (Å²) >= 11 is 0. The highest BCUT2D eigenvalue weighted by Crippen LogP contribution is 2.35. The largest absolute Gasteiger partial charge is 0.493 e. The van der Waals surface area contributed by atoms with E-state index in [1.165, 1.54) is 6.21 Å². The van der Waals surface area contributed by atoms with Gasteiger partial charge in [0.25, 0.3) is 0 Å². The average Bonchev–Trinajstić information content (AvgIpc) is 3.25. The molecule has 1 fully saturated rings. The molecule has 0 saturated carbocycles. The highest BCUT2D eigenvalue weighted by Gasteiger charge is 2.18. The molecule has 37 heavy (non-hydrogen) atoms. The van der Waals surface area contributed by atoms with Gasteiger partial charge >= 0.3 is 6.09 Å². The van der Waals surface area contributed by atoms with Gasteiger partial charge < -0.3 is 24.2 Å². The van der Waals surface area contributed by atoms with Gasteiger partial charge in [-0.1, -0.05) is 25.5 Å². The third kappa shape index (κ3) is 6.70. The number of aryl methyl sites for hydroxylation is 1. The predicted octanol–water partition coefficient (Wildman–Crippen LogP) is 5.78. The molecular formula is C29H38N4O4. The van der Waals surface area contributed by atoms with E-state index in [2.05, 4.69) is 34.7 Å². The van der Waals surface area contributed by atoms with Gasteiger partial charge in [0.1, 0.15) is 5.75 Å². The van der Waals surface area contributed by atoms with Crippen LogP contribution in [0, 0.1) is 5.41 Å². The molecule has 1 aromatic heterocycles. The fraction of sp³-hybridized carbons (Fsp3) is 0.448. The zero-order valence-corrected chi connectivity index (χ0v) is 21.9. The minimum Gasteiger partial charge on any atom is -0.493 e. The molecule has 8 nitrogen and oxygen atoms in total. The average molecular weight is 507 g/mol. The Labute approximate surface area is 219 Å². The van der Waals surface area contributed by atoms with E-state index >= 15 is 0 Å². The maximum Gasteiger partial charge on any atom is 0.411 e. The summed E-state index contributed by atoms with van der Waals surface area (Å²) in [4.78, 5) is 14.6. The summed E-state index contributed by atoms with van der Waals surface area (Å²) in [6.45, 7) is 10.6. The Morgan fingerprint density at radius 2 is 1.95 bits per heavy atom. The lowest BCUT2D eigenvalue weighted by Crippen LogP contribution is -2.37. The van der Waals surface area contributed by atoms with Gasteiger partial charge in [0.05, 0.1) is 37.6 Å². The standard InChI is InChI=1S/C29H38N4O4/c1-3-5-15-37-29(34)31-23-9-6-8-22(19-23)28-26(21-30)25-11-10-24(20-27(25)33(28)4-2)36-16-7-12-32-13-17-35-18-14-32/h6,8-11,19-21,30H,3-5,7,12-18H2,1-2H3,(H,31,34). The first-order valence-electron chi connectivity index (χ1n) is 13.3. The molecule has 4 rings (SSSR count). The van der Waals surface area contributed by atoms with E-state index in [4.69, 9.17) is 19.6 Å². The molecule has 2 aromatic carbocycles. The van der Waals surface area contributed by atoms with E-state index in [9.17, 15) is 4.79 Å². The van der Waals surface area contributed by atoms with Gasteiger partial charge in [-0.25, -0.2) is 4.79 Å². The number of hydrogen-bond donors (Lipinski definition) is 2. The molecule has 0 unspecified atom stereocenters. The molecule has 1 saturated heterocycles. The zero-order valence-electron chi connectivity index (χ0n) is 21.9. The molecule has 198 valence electrons. The lowest BCUT2D eigenvalue weighted by molar-refractivity contribution is 0.0358. The van der Waals surface area contributed by atoms with Gasteiger partial charge in [0.15, 0.2) is 0 Å². The number of hydrogen-bond acceptors (Lipinski definition) is 6. The van der Waals surface area contributed by atoms with E-state index < -0.39 is 6.09 Å². The van der Waals surface area contributed by atoms with Gasteiger partial charge in [-0.2, -0.15) is 0 Å². The van der Waals surface area contributed by atoms with Crippen LogP contribution in [-0.2, 0) is 16.0 Å². The fourth-order valence-corrected chi connectivity index (χ4v) is 4.74. The molecule has 0 aliphatic carbocycles. The lowest BCUT2D eigenvalue weighted by Gasteiger charge is -2.26. The number of nitrogens with zero attached hydrogens (tertiary/aromatic N) is 2. The molecule has 3 aromatic rings. The SMILES string of the molecule is CCCCOC(=O)Nc1cccc(-c2c(C=N)c3ccc(OCCCN4CCOCC4)cc3n2CC)c1. The van der Waals surface area contributed by atoms with Crippen LogP contribution in [0.3, 0.4) is 0 Å². The molecular weight excluding hydrogens is 468 g/mol. The van der Waals surface area contributed by atoms with Crippen molar-refractivity contribution in [3.63, 3.8) is 0 Å². The minimum absolute atomic E-state index is 0.404. The van der Waals surface area contributed by atoms with E-state index in [0.717, 1.165) is 92.1 Å². The molecule has 0 bridgehead atoms. The molecule has 1 aliphatic rings. The van der Waals surface area contributed by atoms with Gasteiger partial charge in [-0.3, -0.25) is 10.2 Å². The van der Waals surface area contributed by atoms with Crippen molar-refractivity contribution in [3.05, 3.63) is 48.0 Å². The molecule has 1 amide bonds. The minimum atomic E-state index is -0.454. The lowest BCUT2D eigenvalue weighted by atomic mass is 10.1. The van der Waals surface area contributed by atoms with Crippen molar-refractivity contribution in [1.82, 2.24) is 9.47 Å². The van der Waals surface area contributed by atoms with Crippen molar-refractivity contribution in [1.29, 1.82) is 5.41 Å². The van der Waals surface area contributed by atoms with Gasteiger partial charge in [0, 0.05) is 60.7 Å². The van der Waals surface area contributed by atoms with E-state index in [0.29, 0.717) is 18.9 Å². The van der Waals surface area contributed by atoms with Crippen molar-refractivity contribution in [2.45, 2.75) is 39.7 Å². The van der Waals surface area contributed by atoms with E-state index in [-0.39, 0.29) is 0 Å². The van der Waals surface area contributed by atoms with Crippen LogP contribution in [0.4, 0.5) is 10.5 Å². The zero-order chi connectivity index (χ0) is 26.0. The van der Waals surface area contributed by atoms with Crippen LogP contribution in [0.5, 0.6) is 5.75 Å². The monoisotopic (exact) mass is 506 g/mol. The van der Waals surface area contributed by atoms with Crippen molar-refractivity contribution in [3.8, 4) is 17.0 Å². The van der Waals surface area contributed by atoms with Crippen LogP contribution in [0.1, 0.15) is 38.7 Å².